The molecule has 0 saturated heterocycles. The van der Waals surface area contributed by atoms with Gasteiger partial charge in [0.15, 0.2) is 0 Å². The zero-order valence-corrected chi connectivity index (χ0v) is 13.5. The van der Waals surface area contributed by atoms with E-state index in [-0.39, 0.29) is 19.0 Å². The lowest BCUT2D eigenvalue weighted by atomic mass is 9.79. The van der Waals surface area contributed by atoms with Crippen LogP contribution in [0.2, 0.25) is 0 Å². The number of carboxylic acid groups (broad SMARTS) is 1. The van der Waals surface area contributed by atoms with Gasteiger partial charge >= 0.3 is 12.1 Å². The zero-order chi connectivity index (χ0) is 16.8. The monoisotopic (exact) mass is 314 g/mol. The molecule has 0 aromatic rings. The summed E-state index contributed by atoms with van der Waals surface area (Å²) in [5, 5.41) is 14.4. The third-order valence-electron chi connectivity index (χ3n) is 3.51. The van der Waals surface area contributed by atoms with Crippen LogP contribution in [-0.2, 0) is 14.3 Å². The number of ether oxygens (including phenoxy) is 1. The molecular weight excluding hydrogens is 288 g/mol. The van der Waals surface area contributed by atoms with Crippen LogP contribution in [0.4, 0.5) is 4.79 Å². The van der Waals surface area contributed by atoms with Crippen molar-refractivity contribution in [1.29, 1.82) is 0 Å². The molecule has 0 aliphatic heterocycles. The molecule has 7 nitrogen and oxygen atoms in total. The third-order valence-corrected chi connectivity index (χ3v) is 3.51. The lowest BCUT2D eigenvalue weighted by Crippen LogP contribution is -2.43. The minimum atomic E-state index is -0.910. The molecule has 1 aliphatic rings. The molecule has 0 bridgehead atoms. The van der Waals surface area contributed by atoms with Gasteiger partial charge in [0.05, 0.1) is 11.8 Å². The summed E-state index contributed by atoms with van der Waals surface area (Å²) in [6.07, 6.45) is 2.33. The van der Waals surface area contributed by atoms with Crippen molar-refractivity contribution in [3.05, 3.63) is 0 Å². The summed E-state index contributed by atoms with van der Waals surface area (Å²) in [4.78, 5) is 34.7. The molecule has 3 N–H and O–H groups in total. The van der Waals surface area contributed by atoms with E-state index in [1.807, 2.05) is 0 Å². The maximum atomic E-state index is 12.1. The molecular formula is C15H26N2O5. The van der Waals surface area contributed by atoms with E-state index in [0.717, 1.165) is 12.8 Å². The molecule has 2 unspecified atom stereocenters. The Morgan fingerprint density at radius 3 is 2.14 bits per heavy atom. The number of alkyl carbamates (subject to hydrolysis) is 1. The second-order valence-electron chi connectivity index (χ2n) is 6.56. The van der Waals surface area contributed by atoms with Gasteiger partial charge in [-0.25, -0.2) is 4.79 Å². The normalized spacial score (nSPS) is 21.8. The van der Waals surface area contributed by atoms with E-state index in [1.54, 1.807) is 20.8 Å². The first-order chi connectivity index (χ1) is 10.2. The lowest BCUT2D eigenvalue weighted by molar-refractivity contribution is -0.148. The van der Waals surface area contributed by atoms with Crippen molar-refractivity contribution in [2.45, 2.75) is 52.1 Å². The summed E-state index contributed by atoms with van der Waals surface area (Å²) in [6, 6.07) is 0. The summed E-state index contributed by atoms with van der Waals surface area (Å²) >= 11 is 0. The number of hydrogen-bond donors (Lipinski definition) is 3. The van der Waals surface area contributed by atoms with Crippen LogP contribution in [0.15, 0.2) is 0 Å². The molecule has 0 radical (unpaired) electrons. The molecule has 0 spiro atoms. The van der Waals surface area contributed by atoms with Crippen LogP contribution in [0.25, 0.3) is 0 Å². The predicted molar refractivity (Wildman–Crippen MR) is 80.3 cm³/mol. The van der Waals surface area contributed by atoms with Gasteiger partial charge in [0.2, 0.25) is 5.91 Å². The number of hydrogen-bond acceptors (Lipinski definition) is 4. The van der Waals surface area contributed by atoms with Crippen LogP contribution < -0.4 is 10.6 Å². The van der Waals surface area contributed by atoms with Crippen molar-refractivity contribution >= 4 is 18.0 Å². The Labute approximate surface area is 130 Å². The third kappa shape index (κ3) is 6.32. The Hall–Kier alpha value is -1.79. The Morgan fingerprint density at radius 2 is 1.59 bits per heavy atom. The molecule has 1 rings (SSSR count). The maximum absolute atomic E-state index is 12.1. The molecule has 7 heteroatoms. The molecule has 0 aromatic carbocycles. The smallest absolute Gasteiger partial charge is 0.407 e. The average molecular weight is 314 g/mol. The van der Waals surface area contributed by atoms with Crippen LogP contribution in [-0.4, -0.2) is 41.8 Å². The molecule has 0 aromatic heterocycles. The fourth-order valence-corrected chi connectivity index (χ4v) is 2.54. The summed E-state index contributed by atoms with van der Waals surface area (Å²) in [5.41, 5.74) is -0.565. The van der Waals surface area contributed by atoms with Crippen molar-refractivity contribution in [3.8, 4) is 0 Å². The minimum Gasteiger partial charge on any atom is -0.481 e. The van der Waals surface area contributed by atoms with E-state index in [9.17, 15) is 14.4 Å². The van der Waals surface area contributed by atoms with E-state index in [1.165, 1.54) is 0 Å². The molecule has 0 heterocycles. The Bertz CT molecular complexity index is 417. The van der Waals surface area contributed by atoms with Crippen LogP contribution in [0.5, 0.6) is 0 Å². The van der Waals surface area contributed by atoms with E-state index in [0.29, 0.717) is 12.8 Å². The quantitative estimate of drug-likeness (QED) is 0.667. The summed E-state index contributed by atoms with van der Waals surface area (Å²) < 4.78 is 5.07. The van der Waals surface area contributed by atoms with Crippen molar-refractivity contribution in [3.63, 3.8) is 0 Å². The van der Waals surface area contributed by atoms with Crippen molar-refractivity contribution < 1.29 is 24.2 Å². The van der Waals surface area contributed by atoms with Gasteiger partial charge < -0.3 is 20.5 Å². The van der Waals surface area contributed by atoms with Crippen LogP contribution >= 0.6 is 0 Å². The van der Waals surface area contributed by atoms with Gasteiger partial charge in [0.1, 0.15) is 5.60 Å². The maximum Gasteiger partial charge on any atom is 0.407 e. The first-order valence-corrected chi connectivity index (χ1v) is 7.68. The highest BCUT2D eigenvalue weighted by Gasteiger charge is 2.35. The van der Waals surface area contributed by atoms with Crippen LogP contribution in [0, 0.1) is 11.8 Å². The van der Waals surface area contributed by atoms with E-state index in [4.69, 9.17) is 9.84 Å². The highest BCUT2D eigenvalue weighted by molar-refractivity contribution is 5.84. The van der Waals surface area contributed by atoms with E-state index >= 15 is 0 Å². The molecule has 2 amide bonds. The first-order valence-electron chi connectivity index (χ1n) is 7.68. The fraction of sp³-hybridized carbons (Fsp3) is 0.800. The number of aliphatic carboxylic acids is 1. The largest absolute Gasteiger partial charge is 0.481 e. The lowest BCUT2D eigenvalue weighted by Gasteiger charge is -2.27. The van der Waals surface area contributed by atoms with Gasteiger partial charge in [-0.1, -0.05) is 12.8 Å². The van der Waals surface area contributed by atoms with Gasteiger partial charge in [-0.2, -0.15) is 0 Å². The second-order valence-corrected chi connectivity index (χ2v) is 6.56. The van der Waals surface area contributed by atoms with Gasteiger partial charge in [0.25, 0.3) is 0 Å². The van der Waals surface area contributed by atoms with Gasteiger partial charge in [0, 0.05) is 13.1 Å². The number of carbonyl (C=O) groups excluding carboxylic acids is 2. The number of carbonyl (C=O) groups is 3. The van der Waals surface area contributed by atoms with Gasteiger partial charge in [-0.15, -0.1) is 0 Å². The van der Waals surface area contributed by atoms with E-state index < -0.39 is 29.5 Å². The Morgan fingerprint density at radius 1 is 1.05 bits per heavy atom. The van der Waals surface area contributed by atoms with Crippen LogP contribution in [0.3, 0.4) is 0 Å². The van der Waals surface area contributed by atoms with E-state index in [2.05, 4.69) is 10.6 Å². The van der Waals surface area contributed by atoms with Crippen molar-refractivity contribution in [2.24, 2.45) is 11.8 Å². The Balaban J connectivity index is 2.30. The number of rotatable bonds is 5. The average Bonchev–Trinajstić information content (AvgIpc) is 2.41. The highest BCUT2D eigenvalue weighted by Crippen LogP contribution is 2.30. The zero-order valence-electron chi connectivity index (χ0n) is 13.5. The molecule has 1 saturated carbocycles. The standard InChI is InChI=1S/C15H26N2O5/c1-15(2,3)22-14(21)17-9-8-16-12(18)10-6-4-5-7-11(10)13(19)20/h10-11H,4-9H2,1-3H3,(H,16,18)(H,17,21)(H,19,20). The molecule has 2 atom stereocenters. The Kier molecular flexibility index (Phi) is 6.64. The van der Waals surface area contributed by atoms with Crippen molar-refractivity contribution in [2.75, 3.05) is 13.1 Å². The highest BCUT2D eigenvalue weighted by atomic mass is 16.6. The van der Waals surface area contributed by atoms with Crippen LogP contribution in [0.1, 0.15) is 46.5 Å². The number of nitrogens with one attached hydrogen (secondary N) is 2. The molecule has 1 fully saturated rings. The topological polar surface area (TPSA) is 105 Å². The summed E-state index contributed by atoms with van der Waals surface area (Å²) in [7, 11) is 0. The first kappa shape index (κ1) is 18.3. The van der Waals surface area contributed by atoms with Crippen molar-refractivity contribution in [1.82, 2.24) is 10.6 Å². The summed E-state index contributed by atoms with van der Waals surface area (Å²) in [6.45, 7) is 5.79. The SMILES string of the molecule is CC(C)(C)OC(=O)NCCNC(=O)C1CCCCC1C(=O)O. The second kappa shape index (κ2) is 8.00. The molecule has 126 valence electrons. The minimum absolute atomic E-state index is 0.241. The fourth-order valence-electron chi connectivity index (χ4n) is 2.54. The molecule has 1 aliphatic carbocycles. The van der Waals surface area contributed by atoms with Gasteiger partial charge in [-0.3, -0.25) is 9.59 Å². The molecule has 22 heavy (non-hydrogen) atoms. The van der Waals surface area contributed by atoms with Gasteiger partial charge in [-0.05, 0) is 33.6 Å². The number of carboxylic acids is 1. The predicted octanol–water partition coefficient (Wildman–Crippen LogP) is 1.52. The summed E-state index contributed by atoms with van der Waals surface area (Å²) in [5.74, 6) is -2.25. The number of amides is 2.